The van der Waals surface area contributed by atoms with E-state index in [2.05, 4.69) is 43.2 Å². The van der Waals surface area contributed by atoms with Gasteiger partial charge in [-0.1, -0.05) is 18.7 Å². The van der Waals surface area contributed by atoms with Crippen LogP contribution in [0.1, 0.15) is 36.4 Å². The Hall–Kier alpha value is -0.480. The van der Waals surface area contributed by atoms with Crippen LogP contribution < -0.4 is 5.32 Å². The van der Waals surface area contributed by atoms with E-state index in [0.29, 0.717) is 0 Å². The number of aliphatic imine (C=N–C) groups is 1. The Morgan fingerprint density at radius 2 is 2.29 bits per heavy atom. The Morgan fingerprint density at radius 3 is 2.94 bits per heavy atom. The number of rotatable bonds is 3. The molecule has 1 saturated heterocycles. The third-order valence-electron chi connectivity index (χ3n) is 3.26. The van der Waals surface area contributed by atoms with Gasteiger partial charge >= 0.3 is 0 Å². The van der Waals surface area contributed by atoms with Gasteiger partial charge in [-0.2, -0.15) is 0 Å². The van der Waals surface area contributed by atoms with Crippen molar-refractivity contribution in [1.82, 2.24) is 5.32 Å². The molecule has 0 aromatic carbocycles. The van der Waals surface area contributed by atoms with E-state index < -0.39 is 0 Å². The average Bonchev–Trinajstić information content (AvgIpc) is 2.73. The van der Waals surface area contributed by atoms with Crippen LogP contribution in [0.2, 0.25) is 0 Å². The van der Waals surface area contributed by atoms with Crippen LogP contribution in [0.5, 0.6) is 0 Å². The lowest BCUT2D eigenvalue weighted by Crippen LogP contribution is -2.48. The molecular formula is C13H20N2S2. The zero-order valence-electron chi connectivity index (χ0n) is 10.7. The standard InChI is InChI=1S/C13H20N2S2/c1-4-13(3)7-8-16-12(15-13)14-9-11-6-5-10(2)17-11/h5-6H,4,7-9H2,1-3H3,(H,14,15). The molecule has 1 aliphatic rings. The maximum Gasteiger partial charge on any atom is 0.157 e. The SMILES string of the molecule is CCC1(C)CCSC(=NCc2ccc(C)s2)N1. The van der Waals surface area contributed by atoms with Crippen molar-refractivity contribution in [2.24, 2.45) is 4.99 Å². The van der Waals surface area contributed by atoms with Crippen LogP contribution in [-0.4, -0.2) is 16.5 Å². The van der Waals surface area contributed by atoms with Gasteiger partial charge < -0.3 is 5.32 Å². The minimum Gasteiger partial charge on any atom is -0.360 e. The predicted octanol–water partition coefficient (Wildman–Crippen LogP) is 3.81. The summed E-state index contributed by atoms with van der Waals surface area (Å²) >= 11 is 3.69. The Kier molecular flexibility index (Phi) is 4.15. The van der Waals surface area contributed by atoms with Gasteiger partial charge in [-0.15, -0.1) is 11.3 Å². The van der Waals surface area contributed by atoms with E-state index in [1.165, 1.54) is 21.9 Å². The highest BCUT2D eigenvalue weighted by Gasteiger charge is 2.27. The smallest absolute Gasteiger partial charge is 0.157 e. The minimum absolute atomic E-state index is 0.245. The molecule has 0 saturated carbocycles. The van der Waals surface area contributed by atoms with Gasteiger partial charge in [-0.05, 0) is 38.8 Å². The summed E-state index contributed by atoms with van der Waals surface area (Å²) in [5, 5.41) is 4.69. The van der Waals surface area contributed by atoms with Crippen molar-refractivity contribution in [2.75, 3.05) is 5.75 Å². The monoisotopic (exact) mass is 268 g/mol. The summed E-state index contributed by atoms with van der Waals surface area (Å²) in [6.07, 6.45) is 2.38. The summed E-state index contributed by atoms with van der Waals surface area (Å²) in [5.74, 6) is 1.18. The lowest BCUT2D eigenvalue weighted by atomic mass is 9.96. The maximum atomic E-state index is 4.69. The zero-order chi connectivity index (χ0) is 12.3. The van der Waals surface area contributed by atoms with Gasteiger partial charge in [0.05, 0.1) is 6.54 Å². The van der Waals surface area contributed by atoms with Crippen molar-refractivity contribution in [3.63, 3.8) is 0 Å². The summed E-state index contributed by atoms with van der Waals surface area (Å²) in [6.45, 7) is 7.48. The summed E-state index contributed by atoms with van der Waals surface area (Å²) in [5.41, 5.74) is 0.245. The molecule has 17 heavy (non-hydrogen) atoms. The first kappa shape index (κ1) is 13.0. The first-order valence-corrected chi connectivity index (χ1v) is 7.92. The summed E-state index contributed by atoms with van der Waals surface area (Å²) < 4.78 is 0. The van der Waals surface area contributed by atoms with E-state index in [9.17, 15) is 0 Å². The molecule has 1 N–H and O–H groups in total. The maximum absolute atomic E-state index is 4.69. The van der Waals surface area contributed by atoms with Crippen LogP contribution in [0.3, 0.4) is 0 Å². The second kappa shape index (κ2) is 5.44. The van der Waals surface area contributed by atoms with Crippen LogP contribution >= 0.6 is 23.1 Å². The third-order valence-corrected chi connectivity index (χ3v) is 5.15. The lowest BCUT2D eigenvalue weighted by Gasteiger charge is -2.35. The van der Waals surface area contributed by atoms with Crippen molar-refractivity contribution in [3.8, 4) is 0 Å². The number of aryl methyl sites for hydroxylation is 1. The van der Waals surface area contributed by atoms with Crippen molar-refractivity contribution < 1.29 is 0 Å². The number of nitrogens with zero attached hydrogens (tertiary/aromatic N) is 1. The highest BCUT2D eigenvalue weighted by molar-refractivity contribution is 8.13. The van der Waals surface area contributed by atoms with Gasteiger partial charge in [-0.25, -0.2) is 0 Å². The number of amidine groups is 1. The Morgan fingerprint density at radius 1 is 1.47 bits per heavy atom. The van der Waals surface area contributed by atoms with E-state index in [1.807, 2.05) is 23.1 Å². The molecule has 2 heterocycles. The molecule has 1 aromatic heterocycles. The molecule has 4 heteroatoms. The minimum atomic E-state index is 0.245. The molecule has 2 rings (SSSR count). The Balaban J connectivity index is 1.97. The lowest BCUT2D eigenvalue weighted by molar-refractivity contribution is 0.390. The van der Waals surface area contributed by atoms with Gasteiger partial charge in [0.15, 0.2) is 5.17 Å². The highest BCUT2D eigenvalue weighted by atomic mass is 32.2. The first-order chi connectivity index (χ1) is 8.11. The van der Waals surface area contributed by atoms with Crippen molar-refractivity contribution in [3.05, 3.63) is 21.9 Å². The van der Waals surface area contributed by atoms with E-state index in [4.69, 9.17) is 0 Å². The largest absolute Gasteiger partial charge is 0.360 e. The second-order valence-electron chi connectivity index (χ2n) is 4.77. The molecule has 2 nitrogen and oxygen atoms in total. The molecule has 1 atom stereocenters. The molecule has 0 aliphatic carbocycles. The number of thioether (sulfide) groups is 1. The molecular weight excluding hydrogens is 248 g/mol. The Labute approximate surface area is 112 Å². The van der Waals surface area contributed by atoms with Crippen molar-refractivity contribution in [2.45, 2.75) is 45.7 Å². The molecule has 0 radical (unpaired) electrons. The first-order valence-electron chi connectivity index (χ1n) is 6.12. The number of hydrogen-bond donors (Lipinski definition) is 1. The van der Waals surface area contributed by atoms with Gasteiger partial charge in [0.2, 0.25) is 0 Å². The van der Waals surface area contributed by atoms with Crippen LogP contribution in [0, 0.1) is 6.92 Å². The van der Waals surface area contributed by atoms with Crippen LogP contribution in [0.15, 0.2) is 17.1 Å². The quantitative estimate of drug-likeness (QED) is 0.901. The average molecular weight is 268 g/mol. The van der Waals surface area contributed by atoms with Crippen molar-refractivity contribution >= 4 is 28.3 Å². The molecule has 1 aliphatic heterocycles. The molecule has 1 aromatic rings. The fourth-order valence-corrected chi connectivity index (χ4v) is 3.84. The topological polar surface area (TPSA) is 24.4 Å². The molecule has 1 fully saturated rings. The fourth-order valence-electron chi connectivity index (χ4n) is 1.80. The summed E-state index contributed by atoms with van der Waals surface area (Å²) in [4.78, 5) is 7.40. The van der Waals surface area contributed by atoms with Gasteiger partial charge in [-0.3, -0.25) is 4.99 Å². The van der Waals surface area contributed by atoms with E-state index >= 15 is 0 Å². The summed E-state index contributed by atoms with van der Waals surface area (Å²) in [6, 6.07) is 4.34. The molecule has 0 amide bonds. The van der Waals surface area contributed by atoms with E-state index in [0.717, 1.165) is 18.1 Å². The second-order valence-corrected chi connectivity index (χ2v) is 7.23. The highest BCUT2D eigenvalue weighted by Crippen LogP contribution is 2.25. The molecule has 94 valence electrons. The number of hydrogen-bond acceptors (Lipinski definition) is 3. The molecule has 0 bridgehead atoms. The number of thiophene rings is 1. The van der Waals surface area contributed by atoms with Gasteiger partial charge in [0, 0.05) is 21.0 Å². The van der Waals surface area contributed by atoms with E-state index in [-0.39, 0.29) is 5.54 Å². The Bertz CT molecular complexity index is 411. The summed E-state index contributed by atoms with van der Waals surface area (Å²) in [7, 11) is 0. The van der Waals surface area contributed by atoms with Crippen LogP contribution in [0.4, 0.5) is 0 Å². The number of nitrogens with one attached hydrogen (secondary N) is 1. The van der Waals surface area contributed by atoms with Crippen LogP contribution in [0.25, 0.3) is 0 Å². The molecule has 0 spiro atoms. The predicted molar refractivity (Wildman–Crippen MR) is 79.1 cm³/mol. The van der Waals surface area contributed by atoms with Gasteiger partial charge in [0.1, 0.15) is 0 Å². The van der Waals surface area contributed by atoms with Crippen LogP contribution in [-0.2, 0) is 6.54 Å². The van der Waals surface area contributed by atoms with E-state index in [1.54, 1.807) is 0 Å². The fraction of sp³-hybridized carbons (Fsp3) is 0.615. The third kappa shape index (κ3) is 3.49. The molecule has 1 unspecified atom stereocenters. The zero-order valence-corrected chi connectivity index (χ0v) is 12.4. The normalized spacial score (nSPS) is 27.1. The van der Waals surface area contributed by atoms with Gasteiger partial charge in [0.25, 0.3) is 0 Å². The van der Waals surface area contributed by atoms with Crippen molar-refractivity contribution in [1.29, 1.82) is 0 Å².